The highest BCUT2D eigenvalue weighted by Gasteiger charge is 2.11. The lowest BCUT2D eigenvalue weighted by Gasteiger charge is -2.07. The summed E-state index contributed by atoms with van der Waals surface area (Å²) in [7, 11) is 0. The van der Waals surface area contributed by atoms with Crippen molar-refractivity contribution in [3.05, 3.63) is 72.5 Å². The van der Waals surface area contributed by atoms with Gasteiger partial charge in [0, 0.05) is 11.8 Å². The minimum atomic E-state index is -0.523. The maximum absolute atomic E-state index is 12.2. The summed E-state index contributed by atoms with van der Waals surface area (Å²) in [5.41, 5.74) is 0.604. The number of amides is 1. The molecule has 0 radical (unpaired) electrons. The highest BCUT2D eigenvalue weighted by molar-refractivity contribution is 6.09. The first-order valence-corrected chi connectivity index (χ1v) is 6.91. The Morgan fingerprint density at radius 1 is 1.30 bits per heavy atom. The zero-order valence-corrected chi connectivity index (χ0v) is 12.4. The number of anilines is 1. The van der Waals surface area contributed by atoms with Crippen LogP contribution in [-0.2, 0) is 4.79 Å². The fraction of sp³-hybridized carbons (Fsp3) is 0.0556. The Morgan fingerprint density at radius 3 is 2.78 bits per heavy atom. The average molecular weight is 305 g/mol. The quantitative estimate of drug-likeness (QED) is 0.505. The summed E-state index contributed by atoms with van der Waals surface area (Å²) in [4.78, 5) is 16.2. The SMILES string of the molecule is C=CCOc1ccccc1/C=C(\C#N)C(=O)Nc1ccccn1. The molecule has 23 heavy (non-hydrogen) atoms. The van der Waals surface area contributed by atoms with Crippen molar-refractivity contribution < 1.29 is 9.53 Å². The normalized spacial score (nSPS) is 10.5. The smallest absolute Gasteiger partial charge is 0.267 e. The lowest BCUT2D eigenvalue weighted by atomic mass is 10.1. The molecular formula is C18H15N3O2. The van der Waals surface area contributed by atoms with Gasteiger partial charge < -0.3 is 10.1 Å². The summed E-state index contributed by atoms with van der Waals surface area (Å²) in [5, 5.41) is 11.8. The van der Waals surface area contributed by atoms with Gasteiger partial charge in [-0.05, 0) is 24.3 Å². The van der Waals surface area contributed by atoms with Crippen molar-refractivity contribution in [2.24, 2.45) is 0 Å². The molecule has 5 nitrogen and oxygen atoms in total. The van der Waals surface area contributed by atoms with E-state index in [0.717, 1.165) is 0 Å². The van der Waals surface area contributed by atoms with Crippen molar-refractivity contribution in [1.29, 1.82) is 5.26 Å². The number of hydrogen-bond acceptors (Lipinski definition) is 4. The molecule has 1 aromatic carbocycles. The van der Waals surface area contributed by atoms with Crippen LogP contribution >= 0.6 is 0 Å². The van der Waals surface area contributed by atoms with Gasteiger partial charge in [-0.15, -0.1) is 0 Å². The summed E-state index contributed by atoms with van der Waals surface area (Å²) in [6.45, 7) is 3.93. The molecule has 0 aliphatic carbocycles. The van der Waals surface area contributed by atoms with Gasteiger partial charge in [0.15, 0.2) is 0 Å². The first-order chi connectivity index (χ1) is 11.2. The second-order valence-electron chi connectivity index (χ2n) is 4.48. The molecule has 0 aliphatic rings. The van der Waals surface area contributed by atoms with E-state index >= 15 is 0 Å². The molecule has 0 spiro atoms. The molecule has 114 valence electrons. The maximum atomic E-state index is 12.2. The molecule has 1 heterocycles. The number of nitrogens with zero attached hydrogens (tertiary/aromatic N) is 2. The largest absolute Gasteiger partial charge is 0.489 e. The van der Waals surface area contributed by atoms with Crippen LogP contribution in [0.3, 0.4) is 0 Å². The molecule has 1 N–H and O–H groups in total. The average Bonchev–Trinajstić information content (AvgIpc) is 2.59. The Kier molecular flexibility index (Phi) is 5.67. The van der Waals surface area contributed by atoms with Crippen LogP contribution in [0.5, 0.6) is 5.75 Å². The first-order valence-electron chi connectivity index (χ1n) is 6.91. The maximum Gasteiger partial charge on any atom is 0.267 e. The van der Waals surface area contributed by atoms with Crippen LogP contribution in [0.25, 0.3) is 6.08 Å². The van der Waals surface area contributed by atoms with Gasteiger partial charge in [-0.3, -0.25) is 4.79 Å². The van der Waals surface area contributed by atoms with Crippen molar-refractivity contribution in [2.75, 3.05) is 11.9 Å². The summed E-state index contributed by atoms with van der Waals surface area (Å²) in [6.07, 6.45) is 4.67. The molecule has 0 fully saturated rings. The van der Waals surface area contributed by atoms with Crippen molar-refractivity contribution >= 4 is 17.8 Å². The standard InChI is InChI=1S/C18H15N3O2/c1-2-11-23-16-8-4-3-7-14(16)12-15(13-19)18(22)21-17-9-5-6-10-20-17/h2-10,12H,1,11H2,(H,20,21,22)/b15-12+. The number of carbonyl (C=O) groups excluding carboxylic acids is 1. The number of aromatic nitrogens is 1. The molecular weight excluding hydrogens is 290 g/mol. The summed E-state index contributed by atoms with van der Waals surface area (Å²) < 4.78 is 5.51. The van der Waals surface area contributed by atoms with Crippen LogP contribution < -0.4 is 10.1 Å². The number of carbonyl (C=O) groups is 1. The third kappa shape index (κ3) is 4.55. The van der Waals surface area contributed by atoms with E-state index in [1.165, 1.54) is 6.08 Å². The molecule has 5 heteroatoms. The van der Waals surface area contributed by atoms with Gasteiger partial charge in [0.25, 0.3) is 5.91 Å². The van der Waals surface area contributed by atoms with Crippen LogP contribution in [-0.4, -0.2) is 17.5 Å². The lowest BCUT2D eigenvalue weighted by Crippen LogP contribution is -2.14. The Morgan fingerprint density at radius 2 is 2.09 bits per heavy atom. The van der Waals surface area contributed by atoms with E-state index < -0.39 is 5.91 Å². The van der Waals surface area contributed by atoms with Gasteiger partial charge in [0.05, 0.1) is 0 Å². The van der Waals surface area contributed by atoms with Crippen LogP contribution in [0.4, 0.5) is 5.82 Å². The van der Waals surface area contributed by atoms with E-state index in [4.69, 9.17) is 4.74 Å². The highest BCUT2D eigenvalue weighted by Crippen LogP contribution is 2.21. The molecule has 0 unspecified atom stereocenters. The van der Waals surface area contributed by atoms with Gasteiger partial charge in [0.2, 0.25) is 0 Å². The van der Waals surface area contributed by atoms with Gasteiger partial charge in [-0.1, -0.05) is 36.9 Å². The predicted octanol–water partition coefficient (Wildman–Crippen LogP) is 3.19. The van der Waals surface area contributed by atoms with Crippen LogP contribution in [0, 0.1) is 11.3 Å². The van der Waals surface area contributed by atoms with Gasteiger partial charge in [0.1, 0.15) is 29.8 Å². The van der Waals surface area contributed by atoms with E-state index in [0.29, 0.717) is 23.7 Å². The van der Waals surface area contributed by atoms with Gasteiger partial charge in [-0.25, -0.2) is 4.98 Å². The molecule has 2 rings (SSSR count). The monoisotopic (exact) mass is 305 g/mol. The number of benzene rings is 1. The summed E-state index contributed by atoms with van der Waals surface area (Å²) in [5.74, 6) is 0.436. The minimum absolute atomic E-state index is 0.0368. The fourth-order valence-electron chi connectivity index (χ4n) is 1.80. The minimum Gasteiger partial charge on any atom is -0.489 e. The summed E-state index contributed by atoms with van der Waals surface area (Å²) >= 11 is 0. The van der Waals surface area contributed by atoms with E-state index in [9.17, 15) is 10.1 Å². The van der Waals surface area contributed by atoms with Crippen LogP contribution in [0.1, 0.15) is 5.56 Å². The Labute approximate surface area is 134 Å². The summed E-state index contributed by atoms with van der Waals surface area (Å²) in [6, 6.07) is 14.2. The molecule has 2 aromatic rings. The van der Waals surface area contributed by atoms with Crippen molar-refractivity contribution in [1.82, 2.24) is 4.98 Å². The van der Waals surface area contributed by atoms with E-state index in [1.54, 1.807) is 48.7 Å². The molecule has 0 aliphatic heterocycles. The topological polar surface area (TPSA) is 75.0 Å². The molecule has 1 amide bonds. The predicted molar refractivity (Wildman–Crippen MR) is 88.6 cm³/mol. The molecule has 0 atom stereocenters. The first kappa shape index (κ1) is 16.0. The lowest BCUT2D eigenvalue weighted by molar-refractivity contribution is -0.112. The van der Waals surface area contributed by atoms with Crippen LogP contribution in [0.15, 0.2) is 66.9 Å². The number of pyridine rings is 1. The Balaban J connectivity index is 2.23. The zero-order chi connectivity index (χ0) is 16.5. The second kappa shape index (κ2) is 8.15. The third-order valence-electron chi connectivity index (χ3n) is 2.85. The molecule has 0 saturated heterocycles. The third-order valence-corrected chi connectivity index (χ3v) is 2.85. The molecule has 1 aromatic heterocycles. The number of rotatable bonds is 6. The van der Waals surface area contributed by atoms with Gasteiger partial charge >= 0.3 is 0 Å². The molecule has 0 bridgehead atoms. The van der Waals surface area contributed by atoms with Crippen molar-refractivity contribution in [2.45, 2.75) is 0 Å². The highest BCUT2D eigenvalue weighted by atomic mass is 16.5. The number of nitrogens with one attached hydrogen (secondary N) is 1. The fourth-order valence-corrected chi connectivity index (χ4v) is 1.80. The number of nitriles is 1. The van der Waals surface area contributed by atoms with E-state index in [1.807, 2.05) is 12.1 Å². The Bertz CT molecular complexity index is 761. The van der Waals surface area contributed by atoms with E-state index in [-0.39, 0.29) is 5.57 Å². The second-order valence-corrected chi connectivity index (χ2v) is 4.48. The van der Waals surface area contributed by atoms with E-state index in [2.05, 4.69) is 16.9 Å². The number of ether oxygens (including phenoxy) is 1. The van der Waals surface area contributed by atoms with Gasteiger partial charge in [-0.2, -0.15) is 5.26 Å². The number of para-hydroxylation sites is 1. The van der Waals surface area contributed by atoms with Crippen LogP contribution in [0.2, 0.25) is 0 Å². The van der Waals surface area contributed by atoms with Crippen molar-refractivity contribution in [3.63, 3.8) is 0 Å². The number of hydrogen-bond donors (Lipinski definition) is 1. The zero-order valence-electron chi connectivity index (χ0n) is 12.4. The Hall–Kier alpha value is -3.39. The molecule has 0 saturated carbocycles. The van der Waals surface area contributed by atoms with Crippen molar-refractivity contribution in [3.8, 4) is 11.8 Å².